The van der Waals surface area contributed by atoms with Crippen LogP contribution in [0.5, 0.6) is 0 Å². The average Bonchev–Trinajstić information content (AvgIpc) is 2.71. The lowest BCUT2D eigenvalue weighted by molar-refractivity contribution is -0.165. The molecule has 0 spiro atoms. The number of hydrogen-bond acceptors (Lipinski definition) is 4. The van der Waals surface area contributed by atoms with Crippen LogP contribution in [0.15, 0.2) is 24.3 Å². The van der Waals surface area contributed by atoms with Gasteiger partial charge in [-0.2, -0.15) is 0 Å². The molecule has 1 aliphatic heterocycles. The van der Waals surface area contributed by atoms with Gasteiger partial charge in [0.1, 0.15) is 12.7 Å². The molecule has 1 aromatic carbocycles. The van der Waals surface area contributed by atoms with Crippen LogP contribution in [0.2, 0.25) is 5.02 Å². The Hall–Kier alpha value is -1.30. The molecule has 0 saturated carbocycles. The van der Waals surface area contributed by atoms with Crippen molar-refractivity contribution in [1.29, 1.82) is 0 Å². The highest BCUT2D eigenvalue weighted by atomic mass is 35.5. The van der Waals surface area contributed by atoms with Gasteiger partial charge in [-0.05, 0) is 19.1 Å². The molecule has 1 aromatic rings. The molecule has 2 atom stereocenters. The first-order valence-electron chi connectivity index (χ1n) is 5.50. The van der Waals surface area contributed by atoms with Gasteiger partial charge in [0.25, 0.3) is 0 Å². The molecule has 0 unspecified atom stereocenters. The predicted octanol–water partition coefficient (Wildman–Crippen LogP) is 2.02. The van der Waals surface area contributed by atoms with E-state index in [0.29, 0.717) is 11.6 Å². The van der Waals surface area contributed by atoms with E-state index < -0.39 is 11.9 Å². The molecule has 18 heavy (non-hydrogen) atoms. The summed E-state index contributed by atoms with van der Waals surface area (Å²) in [6.07, 6.45) is -1.14. The zero-order chi connectivity index (χ0) is 13.2. The standard InChI is InChI=1S/C12H14ClNO4/c1-12(8-2-4-9(13)5-3-8)17-7-10(18-12)6-16-11(14)15/h2-5,10H,6-7H2,1H3,(H2,14,15)/t10-,12-/m1/s1. The number of amides is 1. The van der Waals surface area contributed by atoms with Crippen LogP contribution in [0.25, 0.3) is 0 Å². The number of hydrogen-bond donors (Lipinski definition) is 1. The van der Waals surface area contributed by atoms with Gasteiger partial charge in [0.15, 0.2) is 5.79 Å². The van der Waals surface area contributed by atoms with Gasteiger partial charge in [-0.3, -0.25) is 0 Å². The molecule has 5 nitrogen and oxygen atoms in total. The maximum atomic E-state index is 10.5. The lowest BCUT2D eigenvalue weighted by Crippen LogP contribution is -2.27. The van der Waals surface area contributed by atoms with Gasteiger partial charge >= 0.3 is 6.09 Å². The van der Waals surface area contributed by atoms with Crippen molar-refractivity contribution in [1.82, 2.24) is 0 Å². The van der Waals surface area contributed by atoms with Crippen LogP contribution in [-0.2, 0) is 20.0 Å². The Labute approximate surface area is 110 Å². The highest BCUT2D eigenvalue weighted by Gasteiger charge is 2.39. The smallest absolute Gasteiger partial charge is 0.404 e. The van der Waals surface area contributed by atoms with E-state index in [4.69, 9.17) is 26.8 Å². The van der Waals surface area contributed by atoms with E-state index in [0.717, 1.165) is 5.56 Å². The molecule has 1 fully saturated rings. The van der Waals surface area contributed by atoms with E-state index >= 15 is 0 Å². The second kappa shape index (κ2) is 5.14. The van der Waals surface area contributed by atoms with E-state index in [1.165, 1.54) is 0 Å². The van der Waals surface area contributed by atoms with Crippen LogP contribution in [0.4, 0.5) is 4.79 Å². The van der Waals surface area contributed by atoms with Crippen molar-refractivity contribution in [2.45, 2.75) is 18.8 Å². The van der Waals surface area contributed by atoms with Crippen molar-refractivity contribution in [2.24, 2.45) is 5.73 Å². The van der Waals surface area contributed by atoms with Crippen molar-refractivity contribution in [3.05, 3.63) is 34.9 Å². The monoisotopic (exact) mass is 271 g/mol. The number of carbonyl (C=O) groups is 1. The van der Waals surface area contributed by atoms with E-state index in [-0.39, 0.29) is 12.7 Å². The summed E-state index contributed by atoms with van der Waals surface area (Å²) in [4.78, 5) is 10.5. The summed E-state index contributed by atoms with van der Waals surface area (Å²) in [7, 11) is 0. The molecular weight excluding hydrogens is 258 g/mol. The summed E-state index contributed by atoms with van der Waals surface area (Å²) in [5.41, 5.74) is 5.75. The molecule has 0 radical (unpaired) electrons. The quantitative estimate of drug-likeness (QED) is 0.913. The molecule has 2 rings (SSSR count). The molecule has 98 valence electrons. The van der Waals surface area contributed by atoms with Crippen LogP contribution in [0.1, 0.15) is 12.5 Å². The lowest BCUT2D eigenvalue weighted by atomic mass is 10.1. The Bertz CT molecular complexity index is 436. The van der Waals surface area contributed by atoms with Crippen molar-refractivity contribution in [3.8, 4) is 0 Å². The van der Waals surface area contributed by atoms with Crippen molar-refractivity contribution in [3.63, 3.8) is 0 Å². The summed E-state index contributed by atoms with van der Waals surface area (Å²) in [5, 5.41) is 0.647. The number of benzene rings is 1. The first-order valence-corrected chi connectivity index (χ1v) is 5.87. The van der Waals surface area contributed by atoms with Crippen LogP contribution < -0.4 is 5.73 Å². The Kier molecular flexibility index (Phi) is 3.75. The van der Waals surface area contributed by atoms with Crippen LogP contribution in [0, 0.1) is 0 Å². The first-order chi connectivity index (χ1) is 8.49. The van der Waals surface area contributed by atoms with Crippen molar-refractivity contribution >= 4 is 17.7 Å². The predicted molar refractivity (Wildman–Crippen MR) is 65.2 cm³/mol. The van der Waals surface area contributed by atoms with E-state index in [2.05, 4.69) is 4.74 Å². The van der Waals surface area contributed by atoms with Gasteiger partial charge in [-0.1, -0.05) is 23.7 Å². The molecule has 2 N–H and O–H groups in total. The SMILES string of the molecule is C[C@@]1(c2ccc(Cl)cc2)OC[C@@H](COC(N)=O)O1. The summed E-state index contributed by atoms with van der Waals surface area (Å²) in [6.45, 7) is 2.23. The van der Waals surface area contributed by atoms with Gasteiger partial charge in [0.05, 0.1) is 6.61 Å². The summed E-state index contributed by atoms with van der Waals surface area (Å²) in [5.74, 6) is -0.851. The number of primary amides is 1. The normalized spacial score (nSPS) is 27.1. The number of ether oxygens (including phenoxy) is 3. The second-order valence-corrected chi connectivity index (χ2v) is 4.57. The third-order valence-electron chi connectivity index (χ3n) is 2.72. The zero-order valence-corrected chi connectivity index (χ0v) is 10.6. The highest BCUT2D eigenvalue weighted by Crippen LogP contribution is 2.34. The molecule has 0 aromatic heterocycles. The van der Waals surface area contributed by atoms with Crippen molar-refractivity contribution < 1.29 is 19.0 Å². The largest absolute Gasteiger partial charge is 0.447 e. The van der Waals surface area contributed by atoms with E-state index in [1.54, 1.807) is 19.1 Å². The minimum Gasteiger partial charge on any atom is -0.447 e. The van der Waals surface area contributed by atoms with Gasteiger partial charge < -0.3 is 19.9 Å². The van der Waals surface area contributed by atoms with Gasteiger partial charge in [-0.25, -0.2) is 4.79 Å². The number of rotatable bonds is 3. The molecule has 6 heteroatoms. The fourth-order valence-corrected chi connectivity index (χ4v) is 1.93. The third kappa shape index (κ3) is 2.93. The van der Waals surface area contributed by atoms with Crippen LogP contribution >= 0.6 is 11.6 Å². The summed E-state index contributed by atoms with van der Waals surface area (Å²) in [6, 6.07) is 7.20. The molecule has 1 aliphatic rings. The van der Waals surface area contributed by atoms with E-state index in [1.807, 2.05) is 12.1 Å². The Morgan fingerprint density at radius 3 is 2.83 bits per heavy atom. The molecule has 0 bridgehead atoms. The summed E-state index contributed by atoms with van der Waals surface area (Å²) < 4.78 is 16.0. The lowest BCUT2D eigenvalue weighted by Gasteiger charge is -2.23. The first kappa shape index (κ1) is 13.1. The Morgan fingerprint density at radius 2 is 2.22 bits per heavy atom. The fourth-order valence-electron chi connectivity index (χ4n) is 1.80. The number of halogens is 1. The fraction of sp³-hybridized carbons (Fsp3) is 0.417. The molecule has 0 aliphatic carbocycles. The van der Waals surface area contributed by atoms with Crippen LogP contribution in [0.3, 0.4) is 0 Å². The van der Waals surface area contributed by atoms with E-state index in [9.17, 15) is 4.79 Å². The van der Waals surface area contributed by atoms with Gasteiger partial charge in [-0.15, -0.1) is 0 Å². The molecule has 1 amide bonds. The van der Waals surface area contributed by atoms with Gasteiger partial charge in [0, 0.05) is 10.6 Å². The number of carbonyl (C=O) groups excluding carboxylic acids is 1. The zero-order valence-electron chi connectivity index (χ0n) is 9.89. The Balaban J connectivity index is 2.01. The minimum absolute atomic E-state index is 0.0819. The minimum atomic E-state index is -0.851. The number of nitrogens with two attached hydrogens (primary N) is 1. The van der Waals surface area contributed by atoms with Gasteiger partial charge in [0.2, 0.25) is 0 Å². The third-order valence-corrected chi connectivity index (χ3v) is 2.97. The summed E-state index contributed by atoms with van der Waals surface area (Å²) >= 11 is 5.82. The van der Waals surface area contributed by atoms with Crippen molar-refractivity contribution in [2.75, 3.05) is 13.2 Å². The second-order valence-electron chi connectivity index (χ2n) is 4.13. The molecule has 1 saturated heterocycles. The highest BCUT2D eigenvalue weighted by molar-refractivity contribution is 6.30. The molecule has 1 heterocycles. The molecular formula is C12H14ClNO4. The average molecular weight is 272 g/mol. The maximum absolute atomic E-state index is 10.5. The van der Waals surface area contributed by atoms with Crippen LogP contribution in [-0.4, -0.2) is 25.4 Å². The Morgan fingerprint density at radius 1 is 1.56 bits per heavy atom. The topological polar surface area (TPSA) is 70.8 Å². The maximum Gasteiger partial charge on any atom is 0.404 e.